The summed E-state index contributed by atoms with van der Waals surface area (Å²) in [6.45, 7) is 0. The van der Waals surface area contributed by atoms with Gasteiger partial charge in [0.25, 0.3) is 0 Å². The van der Waals surface area contributed by atoms with E-state index >= 15 is 0 Å². The third kappa shape index (κ3) is 5.04. The van der Waals surface area contributed by atoms with Gasteiger partial charge in [-0.3, -0.25) is 0 Å². The van der Waals surface area contributed by atoms with Gasteiger partial charge in [-0.05, 0) is 0 Å². The van der Waals surface area contributed by atoms with Crippen molar-refractivity contribution in [1.82, 2.24) is 0 Å². The van der Waals surface area contributed by atoms with E-state index < -0.39 is 19.5 Å². The van der Waals surface area contributed by atoms with E-state index in [4.69, 9.17) is 13.5 Å². The van der Waals surface area contributed by atoms with Crippen LogP contribution < -0.4 is 10.2 Å². The fourth-order valence-electron chi connectivity index (χ4n) is 5.11. The van der Waals surface area contributed by atoms with E-state index in [1.165, 1.54) is 51.4 Å². The molecule has 0 atom stereocenters. The van der Waals surface area contributed by atoms with Crippen molar-refractivity contribution in [3.63, 3.8) is 0 Å². The zero-order valence-electron chi connectivity index (χ0n) is 18.4. The SMILES string of the molecule is C[O-].C[O-].O=C([O][Ti+2][CH]1C2=C(CCCC2)C2=C1CCCC2)c1cccc2ccccc12. The van der Waals surface area contributed by atoms with E-state index in [1.54, 1.807) is 22.3 Å². The van der Waals surface area contributed by atoms with Crippen molar-refractivity contribution in [1.29, 1.82) is 0 Å². The van der Waals surface area contributed by atoms with Crippen molar-refractivity contribution in [2.75, 3.05) is 14.2 Å². The second-order valence-electron chi connectivity index (χ2n) is 7.89. The van der Waals surface area contributed by atoms with Gasteiger partial charge in [-0.15, -0.1) is 0 Å². The van der Waals surface area contributed by atoms with Crippen LogP contribution in [0.5, 0.6) is 0 Å². The molecule has 3 aliphatic rings. The van der Waals surface area contributed by atoms with Gasteiger partial charge in [0.1, 0.15) is 0 Å². The van der Waals surface area contributed by atoms with Gasteiger partial charge < -0.3 is 10.2 Å². The molecule has 0 aliphatic heterocycles. The Morgan fingerprint density at radius 1 is 0.806 bits per heavy atom. The fourth-order valence-corrected chi connectivity index (χ4v) is 7.07. The summed E-state index contributed by atoms with van der Waals surface area (Å²) in [6.07, 6.45) is 10.2. The van der Waals surface area contributed by atoms with Crippen molar-refractivity contribution in [2.45, 2.75) is 55.6 Å². The molecule has 2 aromatic rings. The molecule has 2 aromatic carbocycles. The minimum absolute atomic E-state index is 0.130. The first kappa shape index (κ1) is 23.9. The quantitative estimate of drug-likeness (QED) is 0.641. The number of rotatable bonds is 3. The molecule has 0 spiro atoms. The van der Waals surface area contributed by atoms with Crippen molar-refractivity contribution in [2.24, 2.45) is 0 Å². The Balaban J connectivity index is 0.000000645. The van der Waals surface area contributed by atoms with Crippen LogP contribution in [0, 0.1) is 0 Å². The molecule has 0 heterocycles. The molecule has 0 aromatic heterocycles. The summed E-state index contributed by atoms with van der Waals surface area (Å²) in [4.78, 5) is 12.9. The summed E-state index contributed by atoms with van der Waals surface area (Å²) in [5, 5.41) is 18.6. The van der Waals surface area contributed by atoms with Crippen LogP contribution in [0.1, 0.15) is 61.7 Å². The second-order valence-corrected chi connectivity index (χ2v) is 9.48. The molecule has 0 amide bonds. The minimum atomic E-state index is -0.818. The van der Waals surface area contributed by atoms with E-state index in [2.05, 4.69) is 12.1 Å². The fraction of sp³-hybridized carbons (Fsp3) is 0.423. The van der Waals surface area contributed by atoms with Crippen LogP contribution in [0.3, 0.4) is 0 Å². The van der Waals surface area contributed by atoms with Crippen LogP contribution >= 0.6 is 0 Å². The third-order valence-electron chi connectivity index (χ3n) is 6.36. The summed E-state index contributed by atoms with van der Waals surface area (Å²) in [5.41, 5.74) is 7.36. The molecule has 3 aliphatic carbocycles. The monoisotopic (exact) mass is 454 g/mol. The number of carbonyl (C=O) groups is 1. The van der Waals surface area contributed by atoms with Crippen LogP contribution in [-0.2, 0) is 22.9 Å². The van der Waals surface area contributed by atoms with E-state index in [0.29, 0.717) is 9.79 Å². The van der Waals surface area contributed by atoms with Gasteiger partial charge >= 0.3 is 170 Å². The standard InChI is InChI=1S/C13H17.C11H8O2.2CH3O.Ti/c1-3-7-12-10(5-1)9-11-6-2-4-8-13(11)12;12-11(13)10-7-3-5-8-4-1-2-6-9(8)10;2*1-2;/h9H,1-8H2;1-7H,(H,12,13);2*1H3;/q;;2*-1;+3/p-1. The Morgan fingerprint density at radius 3 is 2.00 bits per heavy atom. The van der Waals surface area contributed by atoms with Gasteiger partial charge in [0, 0.05) is 0 Å². The summed E-state index contributed by atoms with van der Waals surface area (Å²) in [6, 6.07) is 14.0. The number of benzene rings is 2. The summed E-state index contributed by atoms with van der Waals surface area (Å²) in [7, 11) is 1.50. The third-order valence-corrected chi connectivity index (χ3v) is 8.29. The average Bonchev–Trinajstić information content (AvgIpc) is 3.18. The van der Waals surface area contributed by atoms with Crippen molar-refractivity contribution in [3.8, 4) is 0 Å². The molecule has 0 N–H and O–H groups in total. The van der Waals surface area contributed by atoms with E-state index in [1.807, 2.05) is 30.3 Å². The number of carbonyl (C=O) groups excluding carboxylic acids is 1. The Labute approximate surface area is 194 Å². The molecule has 4 nitrogen and oxygen atoms in total. The second kappa shape index (κ2) is 11.8. The van der Waals surface area contributed by atoms with E-state index in [9.17, 15) is 4.79 Å². The van der Waals surface area contributed by atoms with Gasteiger partial charge in [-0.2, -0.15) is 14.2 Å². The number of fused-ring (bicyclic) bond motifs is 2. The average molecular weight is 454 g/mol. The van der Waals surface area contributed by atoms with Crippen LogP contribution in [0.15, 0.2) is 64.8 Å². The molecule has 0 saturated heterocycles. The first-order valence-electron chi connectivity index (χ1n) is 11.0. The molecular weight excluding hydrogens is 424 g/mol. The molecule has 0 unspecified atom stereocenters. The van der Waals surface area contributed by atoms with Crippen molar-refractivity contribution in [3.05, 3.63) is 70.3 Å². The van der Waals surface area contributed by atoms with Crippen molar-refractivity contribution < 1.29 is 37.9 Å². The molecule has 0 radical (unpaired) electrons. The van der Waals surface area contributed by atoms with Gasteiger partial charge in [0.15, 0.2) is 0 Å². The summed E-state index contributed by atoms with van der Waals surface area (Å²) >= 11 is -0.818. The molecule has 5 heteroatoms. The molecular formula is C26H30O4Ti. The molecule has 162 valence electrons. The maximum atomic E-state index is 12.9. The summed E-state index contributed by atoms with van der Waals surface area (Å²) in [5.74, 6) is -0.130. The predicted octanol–water partition coefficient (Wildman–Crippen LogP) is 4.49. The van der Waals surface area contributed by atoms with Gasteiger partial charge in [-0.1, -0.05) is 0 Å². The van der Waals surface area contributed by atoms with E-state index in [-0.39, 0.29) is 5.97 Å². The number of hydrogen-bond acceptors (Lipinski definition) is 4. The predicted molar refractivity (Wildman–Crippen MR) is 116 cm³/mol. The van der Waals surface area contributed by atoms with Crippen LogP contribution in [0.2, 0.25) is 4.22 Å². The molecule has 5 rings (SSSR count). The first-order valence-corrected chi connectivity index (χ1v) is 12.6. The first-order chi connectivity index (χ1) is 15.3. The molecule has 0 saturated carbocycles. The summed E-state index contributed by atoms with van der Waals surface area (Å²) < 4.78 is 6.52. The van der Waals surface area contributed by atoms with Gasteiger partial charge in [-0.25, -0.2) is 0 Å². The zero-order chi connectivity index (χ0) is 22.2. The van der Waals surface area contributed by atoms with Crippen LogP contribution in [0.4, 0.5) is 0 Å². The number of hydrogen-bond donors (Lipinski definition) is 0. The van der Waals surface area contributed by atoms with Crippen LogP contribution in [-0.4, -0.2) is 20.2 Å². The normalized spacial score (nSPS) is 17.5. The Kier molecular flexibility index (Phi) is 9.09. The molecule has 0 bridgehead atoms. The van der Waals surface area contributed by atoms with Gasteiger partial charge in [0.05, 0.1) is 0 Å². The Hall–Kier alpha value is -1.72. The molecule has 31 heavy (non-hydrogen) atoms. The van der Waals surface area contributed by atoms with Gasteiger partial charge in [0.2, 0.25) is 0 Å². The zero-order valence-corrected chi connectivity index (χ0v) is 20.0. The van der Waals surface area contributed by atoms with Crippen LogP contribution in [0.25, 0.3) is 10.8 Å². The Morgan fingerprint density at radius 2 is 1.35 bits per heavy atom. The number of allylic oxidation sites excluding steroid dienone is 4. The van der Waals surface area contributed by atoms with Crippen molar-refractivity contribution >= 4 is 16.7 Å². The Bertz CT molecular complexity index is 939. The maximum absolute atomic E-state index is 12.9. The topological polar surface area (TPSA) is 72.4 Å². The molecule has 0 fully saturated rings. The van der Waals surface area contributed by atoms with E-state index in [0.717, 1.165) is 25.0 Å².